The van der Waals surface area contributed by atoms with Crippen LogP contribution in [0.3, 0.4) is 0 Å². The van der Waals surface area contributed by atoms with Crippen LogP contribution in [-0.4, -0.2) is 50.9 Å². The molecule has 1 rings (SSSR count). The van der Waals surface area contributed by atoms with E-state index in [9.17, 15) is 10.5 Å². The van der Waals surface area contributed by atoms with Gasteiger partial charge in [-0.25, -0.2) is 0 Å². The Morgan fingerprint density at radius 3 is 0.774 bits per heavy atom. The monoisotopic (exact) mass is 585 g/mol. The van der Waals surface area contributed by atoms with Crippen molar-refractivity contribution in [1.82, 2.24) is 0 Å². The summed E-state index contributed by atoms with van der Waals surface area (Å²) in [5, 5.41) is 12.8. The molecule has 3 nitrogen and oxygen atoms in total. The summed E-state index contributed by atoms with van der Waals surface area (Å²) < 4.78 is 35.0. The number of hydrogen-bond acceptors (Lipinski definition) is 0. The molecule has 0 radical (unpaired) electrons. The van der Waals surface area contributed by atoms with Crippen LogP contribution in [0.2, 0.25) is 0 Å². The summed E-state index contributed by atoms with van der Waals surface area (Å²) in [6, 6.07) is 8.07. The fourth-order valence-electron chi connectivity index (χ4n) is 2.35. The van der Waals surface area contributed by atoms with Crippen molar-refractivity contribution in [3.05, 3.63) is 40.2 Å². The molecule has 0 aliphatic carbocycles. The van der Waals surface area contributed by atoms with Crippen LogP contribution in [0.5, 0.6) is 0 Å². The van der Waals surface area contributed by atoms with Crippen LogP contribution in [-0.2, 0) is 26.2 Å². The molecule has 31 heavy (non-hydrogen) atoms. The third-order valence-corrected chi connectivity index (χ3v) is 4.85. The maximum absolute atomic E-state index is 11.8. The van der Waals surface area contributed by atoms with Gasteiger partial charge < -0.3 is 16.0 Å². The molecule has 0 saturated carbocycles. The van der Waals surface area contributed by atoms with E-state index in [1.165, 1.54) is 12.1 Å². The van der Waals surface area contributed by atoms with Crippen LogP contribution >= 0.6 is 0 Å². The van der Waals surface area contributed by atoms with Gasteiger partial charge in [0.2, 0.25) is 0 Å². The molecule has 0 aromatic heterocycles. The van der Waals surface area contributed by atoms with Gasteiger partial charge in [0, 0.05) is 0 Å². The van der Waals surface area contributed by atoms with Crippen molar-refractivity contribution in [2.45, 2.75) is 119 Å². The van der Waals surface area contributed by atoms with Crippen LogP contribution in [0.25, 0.3) is 16.0 Å². The molecule has 0 N–H and O–H groups in total. The van der Waals surface area contributed by atoms with E-state index in [-0.39, 0.29) is 26.2 Å². The Balaban J connectivity index is -0.000000156. The Labute approximate surface area is 214 Å². The first-order valence-corrected chi connectivity index (χ1v) is 14.3. The summed E-state index contributed by atoms with van der Waals surface area (Å²) in [6.45, 7) is 25.2. The summed E-state index contributed by atoms with van der Waals surface area (Å²) in [7, 11) is 0. The van der Waals surface area contributed by atoms with Crippen LogP contribution in [0.15, 0.2) is 24.3 Å². The van der Waals surface area contributed by atoms with Crippen molar-refractivity contribution < 1.29 is 36.7 Å². The fraction of sp³-hybridized carbons (Fsp3) is 0.783. The minimum Gasteiger partial charge on any atom is 4.00 e. The molecule has 0 unspecified atom stereocenters. The fourth-order valence-corrected chi connectivity index (χ4v) is 3.55. The molecule has 0 amide bonds. The second kappa shape index (κ2) is 22.2. The zero-order valence-corrected chi connectivity index (χ0v) is 26.3. The van der Waals surface area contributed by atoms with Crippen molar-refractivity contribution >= 4 is 19.1 Å². The van der Waals surface area contributed by atoms with Crippen LogP contribution in [0, 0.1) is 0 Å². The van der Waals surface area contributed by atoms with Gasteiger partial charge >= 0.3 is 80.0 Å². The molecule has 0 saturated heterocycles. The summed E-state index contributed by atoms with van der Waals surface area (Å²) in [5.41, 5.74) is 0. The molecule has 0 atom stereocenters. The molecule has 0 aliphatic rings. The van der Waals surface area contributed by atoms with Crippen molar-refractivity contribution in [2.24, 2.45) is 0 Å². The Hall–Kier alpha value is 0.446. The smallest absolute Gasteiger partial charge is 4.00 e. The van der Waals surface area contributed by atoms with Gasteiger partial charge in [0.05, 0.1) is 0 Å². The molecule has 0 spiro atoms. The van der Waals surface area contributed by atoms with Gasteiger partial charge in [-0.05, 0) is 0 Å². The summed E-state index contributed by atoms with van der Waals surface area (Å²) in [5.74, 6) is 0. The molecule has 0 fully saturated rings. The first-order chi connectivity index (χ1) is 13.5. The molecule has 0 heterocycles. The summed E-state index contributed by atoms with van der Waals surface area (Å²) >= 11 is -5.94. The average Bonchev–Trinajstić information content (AvgIpc) is 2.98. The topological polar surface area (TPSA) is 42.3 Å². The molecule has 0 bridgehead atoms. The van der Waals surface area contributed by atoms with E-state index in [1.807, 2.05) is 0 Å². The number of hydrogen-bond donors (Lipinski definition) is 0. The van der Waals surface area contributed by atoms with Crippen LogP contribution in [0.1, 0.15) is 83.1 Å². The predicted octanol–water partition coefficient (Wildman–Crippen LogP) is 7.99. The van der Waals surface area contributed by atoms with E-state index in [2.05, 4.69) is 99.0 Å². The third kappa shape index (κ3) is 38.0. The van der Waals surface area contributed by atoms with Gasteiger partial charge in [0.25, 0.3) is 0 Å². The predicted molar refractivity (Wildman–Crippen MR) is 132 cm³/mol. The molecular formula is C23H46F3GeN3Zr. The van der Waals surface area contributed by atoms with Crippen LogP contribution in [0.4, 0.5) is 10.5 Å². The first kappa shape index (κ1) is 38.7. The molecule has 182 valence electrons. The van der Waals surface area contributed by atoms with E-state index in [4.69, 9.17) is 0 Å². The maximum atomic E-state index is 11.8. The van der Waals surface area contributed by atoms with E-state index in [0.29, 0.717) is 36.3 Å². The molecule has 0 aliphatic heterocycles. The molecule has 8 heteroatoms. The normalized spacial score (nSPS) is 11.0. The zero-order chi connectivity index (χ0) is 24.5. The van der Waals surface area contributed by atoms with Gasteiger partial charge in [0.1, 0.15) is 0 Å². The minimum atomic E-state index is -5.94. The Morgan fingerprint density at radius 2 is 0.710 bits per heavy atom. The Kier molecular flexibility index (Phi) is 27.8. The SMILES string of the molecule is CC(C)[N-]C(C)C.CC(C)[N-]C(C)C.CC(C)[N-]C(C)C.[F][Ge]([F])([F])[c-]1cccc1.[Zr+4]. The number of halogens is 3. The summed E-state index contributed by atoms with van der Waals surface area (Å²) in [6.07, 6.45) is 0. The molecule has 1 aromatic rings. The van der Waals surface area contributed by atoms with Gasteiger partial charge in [-0.15, -0.1) is 36.3 Å². The van der Waals surface area contributed by atoms with Gasteiger partial charge in [-0.1, -0.05) is 83.1 Å². The third-order valence-electron chi connectivity index (χ3n) is 2.78. The van der Waals surface area contributed by atoms with E-state index < -0.39 is 19.1 Å². The quantitative estimate of drug-likeness (QED) is 0.230. The number of nitrogens with zero attached hydrogens (tertiary/aromatic N) is 3. The van der Waals surface area contributed by atoms with Gasteiger partial charge in [-0.3, -0.25) is 0 Å². The van der Waals surface area contributed by atoms with Gasteiger partial charge in [-0.2, -0.15) is 0 Å². The Bertz CT molecular complexity index is 410. The van der Waals surface area contributed by atoms with E-state index in [0.717, 1.165) is 12.1 Å². The second-order valence-corrected chi connectivity index (χ2v) is 12.0. The molecular weight excluding hydrogens is 539 g/mol. The van der Waals surface area contributed by atoms with Crippen molar-refractivity contribution in [1.29, 1.82) is 0 Å². The van der Waals surface area contributed by atoms with Crippen LogP contribution < -0.4 is 4.40 Å². The van der Waals surface area contributed by atoms with E-state index in [1.54, 1.807) is 0 Å². The van der Waals surface area contributed by atoms with Crippen molar-refractivity contribution in [3.8, 4) is 0 Å². The van der Waals surface area contributed by atoms with Gasteiger partial charge in [0.15, 0.2) is 0 Å². The van der Waals surface area contributed by atoms with E-state index >= 15 is 0 Å². The minimum absolute atomic E-state index is 0. The largest absolute Gasteiger partial charge is 4.00 e. The Morgan fingerprint density at radius 1 is 0.516 bits per heavy atom. The number of rotatable bonds is 7. The summed E-state index contributed by atoms with van der Waals surface area (Å²) in [4.78, 5) is 0. The van der Waals surface area contributed by atoms with Crippen molar-refractivity contribution in [2.75, 3.05) is 0 Å². The maximum Gasteiger partial charge on any atom is 4.00 e. The molecule has 1 aromatic carbocycles. The standard InChI is InChI=1S/3C6H14N.C5H4F3Ge.Zr/c3*1-5(2)7-6(3)4;6-9(7,8)5-3-1-2-4-5;/h3*5-6H,1-4H3;1-4H;/q4*-1;+4. The average molecular weight is 585 g/mol. The zero-order valence-electron chi connectivity index (χ0n) is 21.7. The second-order valence-electron chi connectivity index (χ2n) is 8.68. The first-order valence-electron chi connectivity index (χ1n) is 10.9. The van der Waals surface area contributed by atoms with Crippen molar-refractivity contribution in [3.63, 3.8) is 0 Å².